The summed E-state index contributed by atoms with van der Waals surface area (Å²) in [5, 5.41) is 2.86. The van der Waals surface area contributed by atoms with Gasteiger partial charge in [0, 0.05) is 24.0 Å². The van der Waals surface area contributed by atoms with E-state index in [1.54, 1.807) is 34.9 Å². The molecule has 0 saturated carbocycles. The summed E-state index contributed by atoms with van der Waals surface area (Å²) in [4.78, 5) is 32.5. The van der Waals surface area contributed by atoms with Crippen LogP contribution in [0.2, 0.25) is 0 Å². The number of anilines is 1. The van der Waals surface area contributed by atoms with Gasteiger partial charge in [0.1, 0.15) is 11.6 Å². The molecule has 0 saturated heterocycles. The van der Waals surface area contributed by atoms with Gasteiger partial charge in [0.2, 0.25) is 17.8 Å². The first-order valence-electron chi connectivity index (χ1n) is 12.4. The fourth-order valence-corrected chi connectivity index (χ4v) is 4.08. The number of methoxy groups -OCH3 is 1. The van der Waals surface area contributed by atoms with Gasteiger partial charge >= 0.3 is 0 Å². The Labute approximate surface area is 221 Å². The van der Waals surface area contributed by atoms with Crippen LogP contribution in [0.5, 0.6) is 5.75 Å². The zero-order chi connectivity index (χ0) is 27.1. The number of imidazole rings is 1. The largest absolute Gasteiger partial charge is 0.497 e. The topological polar surface area (TPSA) is 76.5 Å². The van der Waals surface area contributed by atoms with Gasteiger partial charge in [-0.2, -0.15) is 0 Å². The maximum Gasteiger partial charge on any atom is 0.246 e. The molecule has 0 radical (unpaired) electrons. The van der Waals surface area contributed by atoms with Crippen molar-refractivity contribution in [2.24, 2.45) is 5.92 Å². The van der Waals surface area contributed by atoms with Crippen LogP contribution in [0.1, 0.15) is 19.4 Å². The molecule has 1 aromatic heterocycles. The molecule has 0 bridgehead atoms. The summed E-state index contributed by atoms with van der Waals surface area (Å²) in [6.07, 6.45) is 1.99. The molecule has 196 valence electrons. The highest BCUT2D eigenvalue weighted by Crippen LogP contribution is 2.26. The highest BCUT2D eigenvalue weighted by molar-refractivity contribution is 5.94. The molecule has 0 aliphatic carbocycles. The molecule has 1 heterocycles. The number of halogens is 1. The van der Waals surface area contributed by atoms with Crippen molar-refractivity contribution in [1.29, 1.82) is 0 Å². The summed E-state index contributed by atoms with van der Waals surface area (Å²) in [6, 6.07) is 22.8. The van der Waals surface area contributed by atoms with Gasteiger partial charge in [-0.3, -0.25) is 19.5 Å². The van der Waals surface area contributed by atoms with Crippen LogP contribution >= 0.6 is 0 Å². The van der Waals surface area contributed by atoms with Crippen molar-refractivity contribution in [2.45, 2.75) is 20.3 Å². The lowest BCUT2D eigenvalue weighted by Gasteiger charge is -2.24. The second kappa shape index (κ2) is 12.2. The van der Waals surface area contributed by atoms with E-state index in [1.165, 1.54) is 12.1 Å². The van der Waals surface area contributed by atoms with Crippen molar-refractivity contribution < 1.29 is 18.7 Å². The van der Waals surface area contributed by atoms with Gasteiger partial charge in [0.15, 0.2) is 0 Å². The molecule has 7 nitrogen and oxygen atoms in total. The van der Waals surface area contributed by atoms with E-state index in [0.717, 1.165) is 11.1 Å². The van der Waals surface area contributed by atoms with Crippen LogP contribution in [0.25, 0.3) is 16.9 Å². The summed E-state index contributed by atoms with van der Waals surface area (Å²) < 4.78 is 20.5. The molecule has 2 amide bonds. The quantitative estimate of drug-likeness (QED) is 0.309. The summed E-state index contributed by atoms with van der Waals surface area (Å²) in [5.74, 6) is 0.308. The minimum absolute atomic E-state index is 0.113. The van der Waals surface area contributed by atoms with E-state index in [9.17, 15) is 14.0 Å². The second-order valence-electron chi connectivity index (χ2n) is 9.40. The minimum atomic E-state index is -0.373. The molecule has 0 aliphatic heterocycles. The van der Waals surface area contributed by atoms with Crippen molar-refractivity contribution in [2.75, 3.05) is 25.5 Å². The lowest BCUT2D eigenvalue weighted by atomic mass is 10.1. The molecule has 0 fully saturated rings. The predicted molar refractivity (Wildman–Crippen MR) is 146 cm³/mol. The first kappa shape index (κ1) is 26.6. The van der Waals surface area contributed by atoms with Gasteiger partial charge in [-0.25, -0.2) is 9.37 Å². The van der Waals surface area contributed by atoms with Crippen molar-refractivity contribution in [3.63, 3.8) is 0 Å². The number of hydrogen-bond acceptors (Lipinski definition) is 4. The smallest absolute Gasteiger partial charge is 0.246 e. The van der Waals surface area contributed by atoms with Crippen LogP contribution < -0.4 is 10.1 Å². The van der Waals surface area contributed by atoms with Crippen molar-refractivity contribution in [3.8, 4) is 22.7 Å². The molecule has 1 N–H and O–H groups in total. The van der Waals surface area contributed by atoms with Crippen LogP contribution in [0.4, 0.5) is 10.3 Å². The Hall–Kier alpha value is -4.46. The maximum absolute atomic E-state index is 13.6. The highest BCUT2D eigenvalue weighted by atomic mass is 19.1. The van der Waals surface area contributed by atoms with Crippen molar-refractivity contribution in [3.05, 3.63) is 96.4 Å². The first-order valence-corrected chi connectivity index (χ1v) is 12.4. The third-order valence-electron chi connectivity index (χ3n) is 5.92. The van der Waals surface area contributed by atoms with Gasteiger partial charge in [0.25, 0.3) is 0 Å². The van der Waals surface area contributed by atoms with Crippen LogP contribution in [-0.4, -0.2) is 46.5 Å². The van der Waals surface area contributed by atoms with Crippen LogP contribution in [0, 0.1) is 11.7 Å². The number of carbonyl (C=O) groups is 2. The SMILES string of the molecule is COc1ccc(-c2cn(-c3ccc(F)cc3)c(NC(=O)CN(CC(C)C)C(=O)Cc3ccccc3)n2)cc1. The number of benzene rings is 3. The molecule has 0 spiro atoms. The summed E-state index contributed by atoms with van der Waals surface area (Å²) >= 11 is 0. The standard InChI is InChI=1S/C30H31FN4O3/c1-21(2)18-34(29(37)17-22-7-5-4-6-8-22)20-28(36)33-30-32-27(23-9-15-26(38-3)16-10-23)19-35(30)25-13-11-24(31)12-14-25/h4-16,19,21H,17-18,20H2,1-3H3,(H,32,33,36). The number of ether oxygens (including phenoxy) is 1. The molecule has 38 heavy (non-hydrogen) atoms. The Morgan fingerprint density at radius 1 is 1.00 bits per heavy atom. The van der Waals surface area contributed by atoms with E-state index < -0.39 is 0 Å². The average molecular weight is 515 g/mol. The number of carbonyl (C=O) groups excluding carboxylic acids is 2. The molecule has 0 aliphatic rings. The summed E-state index contributed by atoms with van der Waals surface area (Å²) in [5.41, 5.74) is 2.96. The molecule has 4 rings (SSSR count). The molecule has 3 aromatic carbocycles. The third kappa shape index (κ3) is 6.85. The second-order valence-corrected chi connectivity index (χ2v) is 9.40. The van der Waals surface area contributed by atoms with Crippen molar-refractivity contribution in [1.82, 2.24) is 14.5 Å². The van der Waals surface area contributed by atoms with Crippen LogP contribution in [0.3, 0.4) is 0 Å². The third-order valence-corrected chi connectivity index (χ3v) is 5.92. The van der Waals surface area contributed by atoms with Gasteiger partial charge in [-0.15, -0.1) is 0 Å². The Balaban J connectivity index is 1.58. The number of amides is 2. The lowest BCUT2D eigenvalue weighted by Crippen LogP contribution is -2.41. The van der Waals surface area contributed by atoms with Gasteiger partial charge in [-0.05, 0) is 60.0 Å². The van der Waals surface area contributed by atoms with Gasteiger partial charge in [0.05, 0.1) is 25.8 Å². The minimum Gasteiger partial charge on any atom is -0.497 e. The zero-order valence-corrected chi connectivity index (χ0v) is 21.7. The molecule has 0 atom stereocenters. The van der Waals surface area contributed by atoms with Gasteiger partial charge in [-0.1, -0.05) is 44.2 Å². The normalized spacial score (nSPS) is 10.9. The number of nitrogens with one attached hydrogen (secondary N) is 1. The number of aromatic nitrogens is 2. The van der Waals surface area contributed by atoms with E-state index in [0.29, 0.717) is 23.7 Å². The fraction of sp³-hybridized carbons (Fsp3) is 0.233. The van der Waals surface area contributed by atoms with Crippen molar-refractivity contribution >= 4 is 17.8 Å². The maximum atomic E-state index is 13.6. The van der Waals surface area contributed by atoms with E-state index in [1.807, 2.05) is 68.4 Å². The fourth-order valence-electron chi connectivity index (χ4n) is 4.08. The van der Waals surface area contributed by atoms with E-state index >= 15 is 0 Å². The Morgan fingerprint density at radius 3 is 2.32 bits per heavy atom. The molecule has 4 aromatic rings. The van der Waals surface area contributed by atoms with E-state index in [2.05, 4.69) is 10.3 Å². The Bertz CT molecular complexity index is 1370. The monoisotopic (exact) mass is 514 g/mol. The number of hydrogen-bond donors (Lipinski definition) is 1. The van der Waals surface area contributed by atoms with E-state index in [-0.39, 0.29) is 42.5 Å². The van der Waals surface area contributed by atoms with Crippen LogP contribution in [-0.2, 0) is 16.0 Å². The Kier molecular flexibility index (Phi) is 8.53. The van der Waals surface area contributed by atoms with E-state index in [4.69, 9.17) is 4.74 Å². The predicted octanol–water partition coefficient (Wildman–Crippen LogP) is 5.35. The molecule has 0 unspecified atom stereocenters. The molecular formula is C30H31FN4O3. The first-order chi connectivity index (χ1) is 18.3. The zero-order valence-electron chi connectivity index (χ0n) is 21.7. The summed E-state index contributed by atoms with van der Waals surface area (Å²) in [6.45, 7) is 4.34. The molecule has 8 heteroatoms. The highest BCUT2D eigenvalue weighted by Gasteiger charge is 2.21. The lowest BCUT2D eigenvalue weighted by molar-refractivity contribution is -0.134. The van der Waals surface area contributed by atoms with Crippen LogP contribution in [0.15, 0.2) is 85.1 Å². The average Bonchev–Trinajstić information content (AvgIpc) is 3.32. The Morgan fingerprint density at radius 2 is 1.68 bits per heavy atom. The van der Waals surface area contributed by atoms with Gasteiger partial charge < -0.3 is 9.64 Å². The number of rotatable bonds is 10. The summed E-state index contributed by atoms with van der Waals surface area (Å²) in [7, 11) is 1.60. The molecular weight excluding hydrogens is 483 g/mol. The number of nitrogens with zero attached hydrogens (tertiary/aromatic N) is 3.